The second kappa shape index (κ2) is 6.54. The lowest BCUT2D eigenvalue weighted by Gasteiger charge is -2.37. The fourth-order valence-electron chi connectivity index (χ4n) is 2.41. The lowest BCUT2D eigenvalue weighted by atomic mass is 9.68. The molecule has 0 saturated carbocycles. The Balaban J connectivity index is 2.87. The zero-order valence-electron chi connectivity index (χ0n) is 10.6. The summed E-state index contributed by atoms with van der Waals surface area (Å²) in [5, 5.41) is 18.3. The third-order valence-electron chi connectivity index (χ3n) is 3.47. The molecule has 0 unspecified atom stereocenters. The van der Waals surface area contributed by atoms with E-state index in [-0.39, 0.29) is 25.6 Å². The molecule has 0 heterocycles. The number of carboxylic acids is 1. The van der Waals surface area contributed by atoms with Crippen LogP contribution in [0.2, 0.25) is 0 Å². The second-order valence-corrected chi connectivity index (χ2v) is 4.54. The summed E-state index contributed by atoms with van der Waals surface area (Å²) in [4.78, 5) is 22.7. The van der Waals surface area contributed by atoms with E-state index in [4.69, 9.17) is 9.84 Å². The number of ether oxygens (including phenoxy) is 1. The second-order valence-electron chi connectivity index (χ2n) is 4.54. The van der Waals surface area contributed by atoms with Gasteiger partial charge in [0.25, 0.3) is 0 Å². The molecule has 1 aliphatic carbocycles. The minimum atomic E-state index is -0.972. The van der Waals surface area contributed by atoms with Gasteiger partial charge >= 0.3 is 11.9 Å². The summed E-state index contributed by atoms with van der Waals surface area (Å²) in [6, 6.07) is 0. The van der Waals surface area contributed by atoms with Crippen molar-refractivity contribution in [2.24, 2.45) is 11.3 Å². The number of hydrogen-bond acceptors (Lipinski definition) is 4. The van der Waals surface area contributed by atoms with Crippen molar-refractivity contribution in [2.45, 2.75) is 32.6 Å². The molecule has 5 nitrogen and oxygen atoms in total. The summed E-state index contributed by atoms with van der Waals surface area (Å²) >= 11 is 0. The van der Waals surface area contributed by atoms with E-state index in [0.717, 1.165) is 0 Å². The molecular formula is C13H20O5. The zero-order valence-corrected chi connectivity index (χ0v) is 10.6. The van der Waals surface area contributed by atoms with E-state index in [9.17, 15) is 14.7 Å². The standard InChI is InChI=1S/C13H20O5/c1-2-18-12(17)13(9-14)8-4-3-5-10(13)6-7-11(15)16/h3,5,10,14H,2,4,6-9H2,1H3,(H,15,16)/t10-,13+/m1/s1. The predicted octanol–water partition coefficient (Wildman–Crippen LogP) is 1.36. The Labute approximate surface area is 106 Å². The first kappa shape index (κ1) is 14.7. The predicted molar refractivity (Wildman–Crippen MR) is 64.9 cm³/mol. The van der Waals surface area contributed by atoms with E-state index in [0.29, 0.717) is 19.3 Å². The number of carbonyl (C=O) groups is 2. The van der Waals surface area contributed by atoms with Crippen LogP contribution in [0.4, 0.5) is 0 Å². The van der Waals surface area contributed by atoms with Crippen LogP contribution in [0.25, 0.3) is 0 Å². The van der Waals surface area contributed by atoms with Gasteiger partial charge < -0.3 is 14.9 Å². The summed E-state index contributed by atoms with van der Waals surface area (Å²) < 4.78 is 5.03. The van der Waals surface area contributed by atoms with Gasteiger partial charge in [-0.15, -0.1) is 0 Å². The molecular weight excluding hydrogens is 236 g/mol. The normalized spacial score (nSPS) is 26.9. The maximum atomic E-state index is 12.0. The van der Waals surface area contributed by atoms with Crippen LogP contribution in [0.15, 0.2) is 12.2 Å². The van der Waals surface area contributed by atoms with Gasteiger partial charge in [-0.05, 0) is 32.1 Å². The topological polar surface area (TPSA) is 83.8 Å². The highest BCUT2D eigenvalue weighted by molar-refractivity contribution is 5.78. The van der Waals surface area contributed by atoms with Crippen molar-refractivity contribution in [2.75, 3.05) is 13.2 Å². The molecule has 0 aromatic heterocycles. The molecule has 0 amide bonds. The van der Waals surface area contributed by atoms with Gasteiger partial charge in [0.1, 0.15) is 0 Å². The highest BCUT2D eigenvalue weighted by Crippen LogP contribution is 2.41. The summed E-state index contributed by atoms with van der Waals surface area (Å²) in [5.41, 5.74) is -0.972. The van der Waals surface area contributed by atoms with Gasteiger partial charge in [0.15, 0.2) is 0 Å². The van der Waals surface area contributed by atoms with E-state index in [1.807, 2.05) is 12.2 Å². The molecule has 0 aromatic carbocycles. The number of esters is 1. The number of carbonyl (C=O) groups excluding carboxylic acids is 1. The van der Waals surface area contributed by atoms with E-state index in [1.165, 1.54) is 0 Å². The molecule has 0 aliphatic heterocycles. The number of rotatable bonds is 6. The maximum absolute atomic E-state index is 12.0. The average Bonchev–Trinajstić information content (AvgIpc) is 2.36. The van der Waals surface area contributed by atoms with Crippen molar-refractivity contribution in [1.82, 2.24) is 0 Å². The Morgan fingerprint density at radius 3 is 2.78 bits per heavy atom. The molecule has 0 radical (unpaired) electrons. The molecule has 1 aliphatic rings. The first-order chi connectivity index (χ1) is 8.56. The Hall–Kier alpha value is -1.36. The molecule has 102 valence electrons. The van der Waals surface area contributed by atoms with Gasteiger partial charge in [-0.2, -0.15) is 0 Å². The zero-order chi connectivity index (χ0) is 13.6. The number of carboxylic acid groups (broad SMARTS) is 1. The number of aliphatic hydroxyl groups is 1. The van der Waals surface area contributed by atoms with Gasteiger partial charge in [-0.3, -0.25) is 9.59 Å². The number of hydrogen-bond donors (Lipinski definition) is 2. The largest absolute Gasteiger partial charge is 0.481 e. The molecule has 1 rings (SSSR count). The highest BCUT2D eigenvalue weighted by atomic mass is 16.5. The van der Waals surface area contributed by atoms with E-state index in [2.05, 4.69) is 0 Å². The lowest BCUT2D eigenvalue weighted by molar-refractivity contribution is -0.163. The van der Waals surface area contributed by atoms with Gasteiger partial charge in [-0.1, -0.05) is 12.2 Å². The van der Waals surface area contributed by atoms with E-state index >= 15 is 0 Å². The smallest absolute Gasteiger partial charge is 0.315 e. The van der Waals surface area contributed by atoms with Crippen molar-refractivity contribution in [3.63, 3.8) is 0 Å². The summed E-state index contributed by atoms with van der Waals surface area (Å²) in [7, 11) is 0. The van der Waals surface area contributed by atoms with Gasteiger partial charge in [-0.25, -0.2) is 0 Å². The third kappa shape index (κ3) is 3.10. The fourth-order valence-corrected chi connectivity index (χ4v) is 2.41. The Kier molecular flexibility index (Phi) is 5.34. The van der Waals surface area contributed by atoms with Crippen molar-refractivity contribution in [3.8, 4) is 0 Å². The summed E-state index contributed by atoms with van der Waals surface area (Å²) in [6.07, 6.45) is 5.28. The number of allylic oxidation sites excluding steroid dienone is 2. The number of aliphatic hydroxyl groups excluding tert-OH is 1. The highest BCUT2D eigenvalue weighted by Gasteiger charge is 2.46. The molecule has 0 bridgehead atoms. The minimum absolute atomic E-state index is 0.0177. The van der Waals surface area contributed by atoms with Crippen molar-refractivity contribution < 1.29 is 24.5 Å². The van der Waals surface area contributed by atoms with Crippen LogP contribution in [-0.2, 0) is 14.3 Å². The third-order valence-corrected chi connectivity index (χ3v) is 3.47. The molecule has 0 fully saturated rings. The van der Waals surface area contributed by atoms with Crippen molar-refractivity contribution in [3.05, 3.63) is 12.2 Å². The van der Waals surface area contributed by atoms with Crippen LogP contribution >= 0.6 is 0 Å². The van der Waals surface area contributed by atoms with Crippen LogP contribution in [0.1, 0.15) is 32.6 Å². The van der Waals surface area contributed by atoms with Crippen LogP contribution in [0, 0.1) is 11.3 Å². The fraction of sp³-hybridized carbons (Fsp3) is 0.692. The Morgan fingerprint density at radius 2 is 2.22 bits per heavy atom. The van der Waals surface area contributed by atoms with Crippen LogP contribution < -0.4 is 0 Å². The van der Waals surface area contributed by atoms with E-state index < -0.39 is 17.4 Å². The van der Waals surface area contributed by atoms with Crippen molar-refractivity contribution in [1.29, 1.82) is 0 Å². The molecule has 2 atom stereocenters. The molecule has 0 saturated heterocycles. The molecule has 0 aromatic rings. The minimum Gasteiger partial charge on any atom is -0.481 e. The van der Waals surface area contributed by atoms with Crippen LogP contribution in [0.3, 0.4) is 0 Å². The molecule has 0 spiro atoms. The maximum Gasteiger partial charge on any atom is 0.315 e. The first-order valence-electron chi connectivity index (χ1n) is 6.23. The quantitative estimate of drug-likeness (QED) is 0.553. The average molecular weight is 256 g/mol. The monoisotopic (exact) mass is 256 g/mol. The molecule has 18 heavy (non-hydrogen) atoms. The SMILES string of the molecule is CCOC(=O)[C@]1(CO)CCC=C[C@@H]1CCC(=O)O. The van der Waals surface area contributed by atoms with Crippen LogP contribution in [0.5, 0.6) is 0 Å². The lowest BCUT2D eigenvalue weighted by Crippen LogP contribution is -2.44. The Bertz CT molecular complexity index is 336. The first-order valence-corrected chi connectivity index (χ1v) is 6.23. The van der Waals surface area contributed by atoms with E-state index in [1.54, 1.807) is 6.92 Å². The van der Waals surface area contributed by atoms with Crippen LogP contribution in [-0.4, -0.2) is 35.4 Å². The van der Waals surface area contributed by atoms with Crippen molar-refractivity contribution >= 4 is 11.9 Å². The van der Waals surface area contributed by atoms with Gasteiger partial charge in [0.2, 0.25) is 0 Å². The molecule has 2 N–H and O–H groups in total. The van der Waals surface area contributed by atoms with Gasteiger partial charge in [0.05, 0.1) is 18.6 Å². The summed E-state index contributed by atoms with van der Waals surface area (Å²) in [6.45, 7) is 1.67. The molecule has 5 heteroatoms. The van der Waals surface area contributed by atoms with Gasteiger partial charge in [0, 0.05) is 6.42 Å². The number of aliphatic carboxylic acids is 1. The summed E-state index contributed by atoms with van der Waals surface area (Å²) in [5.74, 6) is -1.59. The Morgan fingerprint density at radius 1 is 1.50 bits per heavy atom.